The van der Waals surface area contributed by atoms with Crippen LogP contribution < -0.4 is 20.1 Å². The van der Waals surface area contributed by atoms with Gasteiger partial charge in [0.2, 0.25) is 5.91 Å². The van der Waals surface area contributed by atoms with Crippen LogP contribution in [0.1, 0.15) is 18.1 Å². The van der Waals surface area contributed by atoms with Crippen molar-refractivity contribution in [2.75, 3.05) is 26.1 Å². The van der Waals surface area contributed by atoms with Crippen molar-refractivity contribution in [1.82, 2.24) is 10.2 Å². The number of carbonyl (C=O) groups is 3. The molecule has 0 saturated carbocycles. The minimum atomic E-state index is -1.34. The van der Waals surface area contributed by atoms with Gasteiger partial charge in [-0.05, 0) is 49.2 Å². The highest BCUT2D eigenvalue weighted by atomic mass is 35.5. The van der Waals surface area contributed by atoms with E-state index in [0.717, 1.165) is 10.5 Å². The van der Waals surface area contributed by atoms with Crippen LogP contribution in [0.15, 0.2) is 36.4 Å². The largest absolute Gasteiger partial charge is 0.493 e. The van der Waals surface area contributed by atoms with Crippen molar-refractivity contribution >= 4 is 35.1 Å². The van der Waals surface area contributed by atoms with Crippen LogP contribution in [-0.4, -0.2) is 43.5 Å². The van der Waals surface area contributed by atoms with Gasteiger partial charge in [-0.3, -0.25) is 14.5 Å². The summed E-state index contributed by atoms with van der Waals surface area (Å²) < 4.78 is 10.5. The first-order chi connectivity index (χ1) is 14.2. The Morgan fingerprint density at radius 3 is 2.50 bits per heavy atom. The van der Waals surface area contributed by atoms with E-state index in [9.17, 15) is 14.4 Å². The highest BCUT2D eigenvalue weighted by molar-refractivity contribution is 6.31. The fraction of sp³-hybridized carbons (Fsp3) is 0.286. The zero-order chi connectivity index (χ0) is 22.1. The second kappa shape index (κ2) is 8.23. The average Bonchev–Trinajstić information content (AvgIpc) is 2.94. The normalized spacial score (nSPS) is 18.2. The van der Waals surface area contributed by atoms with Gasteiger partial charge < -0.3 is 20.1 Å². The van der Waals surface area contributed by atoms with Gasteiger partial charge in [-0.1, -0.05) is 23.7 Å². The first kappa shape index (κ1) is 21.4. The van der Waals surface area contributed by atoms with Crippen molar-refractivity contribution in [3.63, 3.8) is 0 Å². The number of aryl methyl sites for hydroxylation is 1. The molecule has 0 bridgehead atoms. The first-order valence-electron chi connectivity index (χ1n) is 9.12. The van der Waals surface area contributed by atoms with E-state index in [0.29, 0.717) is 27.8 Å². The zero-order valence-electron chi connectivity index (χ0n) is 17.0. The van der Waals surface area contributed by atoms with Crippen molar-refractivity contribution in [3.05, 3.63) is 52.5 Å². The molecule has 1 saturated heterocycles. The molecule has 0 aromatic heterocycles. The number of methoxy groups -OCH3 is 2. The molecular formula is C21H22ClN3O5. The van der Waals surface area contributed by atoms with Gasteiger partial charge in [0.1, 0.15) is 12.1 Å². The van der Waals surface area contributed by atoms with Crippen molar-refractivity contribution in [1.29, 1.82) is 0 Å². The maximum absolute atomic E-state index is 13.1. The summed E-state index contributed by atoms with van der Waals surface area (Å²) in [6.45, 7) is 2.96. The molecule has 8 nitrogen and oxygen atoms in total. The molecule has 2 aromatic carbocycles. The number of hydrogen-bond acceptors (Lipinski definition) is 5. The number of nitrogens with zero attached hydrogens (tertiary/aromatic N) is 1. The van der Waals surface area contributed by atoms with Crippen LogP contribution in [0.2, 0.25) is 5.02 Å². The Kier molecular flexibility index (Phi) is 5.89. The fourth-order valence-electron chi connectivity index (χ4n) is 3.25. The summed E-state index contributed by atoms with van der Waals surface area (Å²) >= 11 is 5.97. The second-order valence-corrected chi connectivity index (χ2v) is 7.46. The van der Waals surface area contributed by atoms with Crippen LogP contribution in [0, 0.1) is 6.92 Å². The molecule has 158 valence electrons. The molecule has 30 heavy (non-hydrogen) atoms. The van der Waals surface area contributed by atoms with Gasteiger partial charge in [0.15, 0.2) is 11.5 Å². The second-order valence-electron chi connectivity index (χ2n) is 7.02. The molecule has 1 aliphatic heterocycles. The minimum Gasteiger partial charge on any atom is -0.493 e. The number of rotatable bonds is 6. The smallest absolute Gasteiger partial charge is 0.325 e. The minimum absolute atomic E-state index is 0.422. The lowest BCUT2D eigenvalue weighted by Crippen LogP contribution is -2.42. The molecular weight excluding hydrogens is 410 g/mol. The molecule has 0 spiro atoms. The van der Waals surface area contributed by atoms with Gasteiger partial charge in [-0.25, -0.2) is 4.79 Å². The lowest BCUT2D eigenvalue weighted by Gasteiger charge is -2.23. The third-order valence-corrected chi connectivity index (χ3v) is 5.25. The van der Waals surface area contributed by atoms with E-state index < -0.39 is 29.9 Å². The topological polar surface area (TPSA) is 97.0 Å². The van der Waals surface area contributed by atoms with Crippen LogP contribution in [-0.2, 0) is 15.1 Å². The monoisotopic (exact) mass is 431 g/mol. The SMILES string of the molecule is COc1ccc([C@@]2(C)NC(=O)N(CC(=O)Nc3cc(Cl)ccc3C)C2=O)cc1OC. The van der Waals surface area contributed by atoms with E-state index in [1.54, 1.807) is 43.3 Å². The lowest BCUT2D eigenvalue weighted by atomic mass is 9.91. The number of hydrogen-bond donors (Lipinski definition) is 2. The molecule has 1 fully saturated rings. The number of nitrogens with one attached hydrogen (secondary N) is 2. The Bertz CT molecular complexity index is 1030. The van der Waals surface area contributed by atoms with Crippen molar-refractivity contribution in [2.24, 2.45) is 0 Å². The summed E-state index contributed by atoms with van der Waals surface area (Å²) in [6.07, 6.45) is 0. The molecule has 9 heteroatoms. The van der Waals surface area contributed by atoms with Gasteiger partial charge in [0, 0.05) is 10.7 Å². The number of carbonyl (C=O) groups excluding carboxylic acids is 3. The van der Waals surface area contributed by atoms with E-state index in [-0.39, 0.29) is 0 Å². The molecule has 2 N–H and O–H groups in total. The molecule has 0 unspecified atom stereocenters. The number of urea groups is 1. The van der Waals surface area contributed by atoms with Crippen molar-refractivity contribution < 1.29 is 23.9 Å². The van der Waals surface area contributed by atoms with E-state index in [2.05, 4.69) is 10.6 Å². The Morgan fingerprint density at radius 2 is 1.83 bits per heavy atom. The molecule has 0 aliphatic carbocycles. The maximum atomic E-state index is 13.1. The van der Waals surface area contributed by atoms with E-state index >= 15 is 0 Å². The zero-order valence-corrected chi connectivity index (χ0v) is 17.8. The molecule has 3 rings (SSSR count). The summed E-state index contributed by atoms with van der Waals surface area (Å²) in [5.74, 6) is -0.140. The predicted octanol–water partition coefficient (Wildman–Crippen LogP) is 3.07. The van der Waals surface area contributed by atoms with Gasteiger partial charge in [0.25, 0.3) is 5.91 Å². The van der Waals surface area contributed by atoms with E-state index in [1.165, 1.54) is 14.2 Å². The van der Waals surface area contributed by atoms with Crippen LogP contribution in [0.3, 0.4) is 0 Å². The summed E-state index contributed by atoms with van der Waals surface area (Å²) in [4.78, 5) is 38.9. The number of ether oxygens (including phenoxy) is 2. The highest BCUT2D eigenvalue weighted by Crippen LogP contribution is 2.35. The van der Waals surface area contributed by atoms with Gasteiger partial charge in [-0.2, -0.15) is 0 Å². The third-order valence-electron chi connectivity index (χ3n) is 5.01. The number of anilines is 1. The average molecular weight is 432 g/mol. The van der Waals surface area contributed by atoms with Crippen LogP contribution in [0.25, 0.3) is 0 Å². The number of halogens is 1. The van der Waals surface area contributed by atoms with Gasteiger partial charge in [0.05, 0.1) is 14.2 Å². The van der Waals surface area contributed by atoms with E-state index in [1.807, 2.05) is 6.92 Å². The molecule has 4 amide bonds. The fourth-order valence-corrected chi connectivity index (χ4v) is 3.42. The Morgan fingerprint density at radius 1 is 1.13 bits per heavy atom. The Balaban J connectivity index is 1.80. The van der Waals surface area contributed by atoms with Gasteiger partial charge >= 0.3 is 6.03 Å². The predicted molar refractivity (Wildman–Crippen MR) is 112 cm³/mol. The Hall–Kier alpha value is -3.26. The van der Waals surface area contributed by atoms with Crippen molar-refractivity contribution in [3.8, 4) is 11.5 Å². The Labute approximate surface area is 179 Å². The quantitative estimate of drug-likeness (QED) is 0.685. The lowest BCUT2D eigenvalue weighted by molar-refractivity contribution is -0.133. The molecule has 2 aromatic rings. The summed E-state index contributed by atoms with van der Waals surface area (Å²) in [7, 11) is 2.98. The van der Waals surface area contributed by atoms with Crippen molar-refractivity contribution in [2.45, 2.75) is 19.4 Å². The van der Waals surface area contributed by atoms with Crippen LogP contribution in [0.5, 0.6) is 11.5 Å². The highest BCUT2D eigenvalue weighted by Gasteiger charge is 2.49. The summed E-state index contributed by atoms with van der Waals surface area (Å²) in [5, 5.41) is 5.82. The third kappa shape index (κ3) is 3.91. The standard InChI is InChI=1S/C21H22ClN3O5/c1-12-5-7-14(22)10-15(12)23-18(26)11-25-19(27)21(2,24-20(25)28)13-6-8-16(29-3)17(9-13)30-4/h5-10H,11H2,1-4H3,(H,23,26)(H,24,28)/t21-/m1/s1. The van der Waals surface area contributed by atoms with E-state index in [4.69, 9.17) is 21.1 Å². The first-order valence-corrected chi connectivity index (χ1v) is 9.50. The number of benzene rings is 2. The number of imide groups is 1. The van der Waals surface area contributed by atoms with Crippen LogP contribution >= 0.6 is 11.6 Å². The molecule has 0 radical (unpaired) electrons. The molecule has 1 heterocycles. The summed E-state index contributed by atoms with van der Waals surface area (Å²) in [5.41, 5.74) is 0.484. The summed E-state index contributed by atoms with van der Waals surface area (Å²) in [6, 6.07) is 9.35. The molecule has 1 aliphatic rings. The van der Waals surface area contributed by atoms with Crippen LogP contribution in [0.4, 0.5) is 10.5 Å². The number of amides is 4. The van der Waals surface area contributed by atoms with Gasteiger partial charge in [-0.15, -0.1) is 0 Å². The maximum Gasteiger partial charge on any atom is 0.325 e. The molecule has 1 atom stereocenters.